The zero-order chi connectivity index (χ0) is 21.6. The summed E-state index contributed by atoms with van der Waals surface area (Å²) in [6.45, 7) is 5.56. The van der Waals surface area contributed by atoms with Crippen LogP contribution in [-0.4, -0.2) is 53.1 Å². The second-order valence-corrected chi connectivity index (χ2v) is 7.33. The van der Waals surface area contributed by atoms with Gasteiger partial charge in [-0.25, -0.2) is 0 Å². The van der Waals surface area contributed by atoms with Crippen molar-refractivity contribution in [2.75, 3.05) is 43.5 Å². The van der Waals surface area contributed by atoms with Gasteiger partial charge in [0.15, 0.2) is 0 Å². The third kappa shape index (κ3) is 4.73. The molecule has 0 saturated carbocycles. The predicted molar refractivity (Wildman–Crippen MR) is 119 cm³/mol. The summed E-state index contributed by atoms with van der Waals surface area (Å²) in [7, 11) is 1.61. The smallest absolute Gasteiger partial charge is 0.238 e. The normalized spacial score (nSPS) is 15.2. The average Bonchev–Trinajstić information content (AvgIpc) is 2.84. The molecular weight excluding hydrogens is 390 g/mol. The van der Waals surface area contributed by atoms with Gasteiger partial charge in [0.2, 0.25) is 17.7 Å². The Morgan fingerprint density at radius 1 is 0.968 bits per heavy atom. The summed E-state index contributed by atoms with van der Waals surface area (Å²) in [5, 5.41) is 12.6. The minimum Gasteiger partial charge on any atom is -0.495 e. The van der Waals surface area contributed by atoms with E-state index < -0.39 is 0 Å². The zero-order valence-corrected chi connectivity index (χ0v) is 17.7. The van der Waals surface area contributed by atoms with E-state index in [2.05, 4.69) is 61.3 Å². The molecule has 1 atom stereocenters. The summed E-state index contributed by atoms with van der Waals surface area (Å²) in [4.78, 5) is 17.7. The second-order valence-electron chi connectivity index (χ2n) is 7.33. The predicted octanol–water partition coefficient (Wildman–Crippen LogP) is 3.38. The summed E-state index contributed by atoms with van der Waals surface area (Å²) in [5.41, 5.74) is 2.04. The SMILES string of the molecule is COc1ccccc1Nc1nc(C#N)nc(N2CCN(C(C)c3ccccc3)CC2)n1. The van der Waals surface area contributed by atoms with Crippen LogP contribution in [0.2, 0.25) is 0 Å². The lowest BCUT2D eigenvalue weighted by Crippen LogP contribution is -2.47. The number of ether oxygens (including phenoxy) is 1. The number of nitriles is 1. The maximum atomic E-state index is 9.41. The van der Waals surface area contributed by atoms with Crippen LogP contribution in [0.4, 0.5) is 17.6 Å². The van der Waals surface area contributed by atoms with Crippen LogP contribution < -0.4 is 15.0 Å². The number of nitrogens with zero attached hydrogens (tertiary/aromatic N) is 6. The summed E-state index contributed by atoms with van der Waals surface area (Å²) in [6, 6.07) is 20.4. The van der Waals surface area contributed by atoms with Crippen LogP contribution in [0.1, 0.15) is 24.4 Å². The Kier molecular flexibility index (Phi) is 6.24. The molecule has 8 heteroatoms. The van der Waals surface area contributed by atoms with E-state index >= 15 is 0 Å². The number of nitrogens with one attached hydrogen (secondary N) is 1. The first-order valence-electron chi connectivity index (χ1n) is 10.3. The quantitative estimate of drug-likeness (QED) is 0.655. The molecule has 0 bridgehead atoms. The molecule has 1 unspecified atom stereocenters. The van der Waals surface area contributed by atoms with Crippen molar-refractivity contribution in [3.05, 3.63) is 66.0 Å². The summed E-state index contributed by atoms with van der Waals surface area (Å²) < 4.78 is 5.38. The number of hydrogen-bond acceptors (Lipinski definition) is 8. The summed E-state index contributed by atoms with van der Waals surface area (Å²) >= 11 is 0. The lowest BCUT2D eigenvalue weighted by molar-refractivity contribution is 0.198. The first-order chi connectivity index (χ1) is 15.2. The van der Waals surface area contributed by atoms with Gasteiger partial charge in [-0.3, -0.25) is 4.90 Å². The minimum absolute atomic E-state index is 0.0856. The number of rotatable bonds is 6. The molecule has 4 rings (SSSR count). The van der Waals surface area contributed by atoms with E-state index in [0.29, 0.717) is 23.7 Å². The van der Waals surface area contributed by atoms with Crippen molar-refractivity contribution in [3.63, 3.8) is 0 Å². The van der Waals surface area contributed by atoms with Gasteiger partial charge in [0, 0.05) is 32.2 Å². The molecule has 1 N–H and O–H groups in total. The van der Waals surface area contributed by atoms with Crippen molar-refractivity contribution in [2.24, 2.45) is 0 Å². The number of para-hydroxylation sites is 2. The number of methoxy groups -OCH3 is 1. The maximum absolute atomic E-state index is 9.41. The Bertz CT molecular complexity index is 1060. The molecule has 1 aliphatic rings. The van der Waals surface area contributed by atoms with Crippen molar-refractivity contribution in [3.8, 4) is 11.8 Å². The molecule has 2 aromatic carbocycles. The van der Waals surface area contributed by atoms with Gasteiger partial charge < -0.3 is 15.0 Å². The fraction of sp³-hybridized carbons (Fsp3) is 0.304. The van der Waals surface area contributed by atoms with E-state index in [1.165, 1.54) is 5.56 Å². The fourth-order valence-corrected chi connectivity index (χ4v) is 3.73. The molecule has 0 amide bonds. The van der Waals surface area contributed by atoms with Crippen molar-refractivity contribution < 1.29 is 4.74 Å². The Balaban J connectivity index is 1.49. The molecule has 2 heterocycles. The molecule has 1 aromatic heterocycles. The van der Waals surface area contributed by atoms with Crippen molar-refractivity contribution in [2.45, 2.75) is 13.0 Å². The van der Waals surface area contributed by atoms with Gasteiger partial charge in [-0.15, -0.1) is 0 Å². The number of benzene rings is 2. The lowest BCUT2D eigenvalue weighted by Gasteiger charge is -2.38. The third-order valence-corrected chi connectivity index (χ3v) is 5.50. The minimum atomic E-state index is 0.0856. The zero-order valence-electron chi connectivity index (χ0n) is 17.7. The highest BCUT2D eigenvalue weighted by Gasteiger charge is 2.24. The summed E-state index contributed by atoms with van der Waals surface area (Å²) in [5.74, 6) is 1.59. The average molecular weight is 416 g/mol. The van der Waals surface area contributed by atoms with Gasteiger partial charge in [0.05, 0.1) is 12.8 Å². The molecule has 0 radical (unpaired) electrons. The van der Waals surface area contributed by atoms with Gasteiger partial charge in [0.1, 0.15) is 11.8 Å². The van der Waals surface area contributed by atoms with Gasteiger partial charge in [-0.05, 0) is 24.6 Å². The maximum Gasteiger partial charge on any atom is 0.238 e. The standard InChI is InChI=1S/C23H25N7O/c1-17(18-8-4-3-5-9-18)29-12-14-30(15-13-29)23-27-21(16-24)26-22(28-23)25-19-10-6-7-11-20(19)31-2/h3-11,17H,12-15H2,1-2H3,(H,25,26,27,28). The number of anilines is 3. The molecule has 0 spiro atoms. The Labute approximate surface area is 182 Å². The molecule has 1 aliphatic heterocycles. The Morgan fingerprint density at radius 2 is 1.68 bits per heavy atom. The third-order valence-electron chi connectivity index (χ3n) is 5.50. The molecule has 0 aliphatic carbocycles. The van der Waals surface area contributed by atoms with Crippen LogP contribution in [0, 0.1) is 11.3 Å². The molecular formula is C23H25N7O. The lowest BCUT2D eigenvalue weighted by atomic mass is 10.1. The van der Waals surface area contributed by atoms with Crippen molar-refractivity contribution in [1.29, 1.82) is 5.26 Å². The van der Waals surface area contributed by atoms with Crippen LogP contribution in [0.15, 0.2) is 54.6 Å². The van der Waals surface area contributed by atoms with Gasteiger partial charge in [-0.2, -0.15) is 20.2 Å². The number of aromatic nitrogens is 3. The van der Waals surface area contributed by atoms with Gasteiger partial charge in [-0.1, -0.05) is 42.5 Å². The Hall–Kier alpha value is -3.70. The van der Waals surface area contributed by atoms with Crippen LogP contribution >= 0.6 is 0 Å². The topological polar surface area (TPSA) is 90.2 Å². The summed E-state index contributed by atoms with van der Waals surface area (Å²) in [6.07, 6.45) is 0. The van der Waals surface area contributed by atoms with Crippen molar-refractivity contribution >= 4 is 17.6 Å². The van der Waals surface area contributed by atoms with Crippen molar-refractivity contribution in [1.82, 2.24) is 19.9 Å². The number of piperazine rings is 1. The molecule has 1 fully saturated rings. The van der Waals surface area contributed by atoms with E-state index in [-0.39, 0.29) is 5.82 Å². The largest absolute Gasteiger partial charge is 0.495 e. The van der Waals surface area contributed by atoms with E-state index in [1.54, 1.807) is 7.11 Å². The van der Waals surface area contributed by atoms with E-state index in [1.807, 2.05) is 36.4 Å². The monoisotopic (exact) mass is 415 g/mol. The van der Waals surface area contributed by atoms with Gasteiger partial charge >= 0.3 is 0 Å². The molecule has 158 valence electrons. The second kappa shape index (κ2) is 9.41. The first kappa shape index (κ1) is 20.6. The Morgan fingerprint density at radius 3 is 2.39 bits per heavy atom. The highest BCUT2D eigenvalue weighted by molar-refractivity contribution is 5.63. The first-order valence-corrected chi connectivity index (χ1v) is 10.3. The molecule has 8 nitrogen and oxygen atoms in total. The van der Waals surface area contributed by atoms with Crippen LogP contribution in [-0.2, 0) is 0 Å². The van der Waals surface area contributed by atoms with Crippen LogP contribution in [0.3, 0.4) is 0 Å². The highest BCUT2D eigenvalue weighted by Crippen LogP contribution is 2.27. The highest BCUT2D eigenvalue weighted by atomic mass is 16.5. The van der Waals surface area contributed by atoms with E-state index in [9.17, 15) is 5.26 Å². The fourth-order valence-electron chi connectivity index (χ4n) is 3.73. The van der Waals surface area contributed by atoms with Crippen LogP contribution in [0.5, 0.6) is 5.75 Å². The van der Waals surface area contributed by atoms with Gasteiger partial charge in [0.25, 0.3) is 0 Å². The molecule has 1 saturated heterocycles. The number of hydrogen-bond donors (Lipinski definition) is 1. The molecule has 3 aromatic rings. The van der Waals surface area contributed by atoms with E-state index in [4.69, 9.17) is 4.74 Å². The molecule has 31 heavy (non-hydrogen) atoms. The van der Waals surface area contributed by atoms with E-state index in [0.717, 1.165) is 31.9 Å². The van der Waals surface area contributed by atoms with Crippen LogP contribution in [0.25, 0.3) is 0 Å².